The molecule has 4 aromatic rings. The van der Waals surface area contributed by atoms with Crippen LogP contribution >= 0.6 is 27.3 Å². The van der Waals surface area contributed by atoms with Gasteiger partial charge in [-0.1, -0.05) is 40.2 Å². The molecule has 0 N–H and O–H groups in total. The number of benzene rings is 2. The van der Waals surface area contributed by atoms with Gasteiger partial charge >= 0.3 is 11.6 Å². The van der Waals surface area contributed by atoms with E-state index in [4.69, 9.17) is 9.15 Å². The second-order valence-electron chi connectivity index (χ2n) is 6.16. The van der Waals surface area contributed by atoms with Crippen molar-refractivity contribution in [3.8, 4) is 0 Å². The van der Waals surface area contributed by atoms with Gasteiger partial charge in [-0.3, -0.25) is 4.79 Å². The van der Waals surface area contributed by atoms with Gasteiger partial charge in [0.25, 0.3) is 0 Å². The van der Waals surface area contributed by atoms with E-state index in [1.54, 1.807) is 53.9 Å². The van der Waals surface area contributed by atoms with Crippen molar-refractivity contribution in [2.75, 3.05) is 0 Å². The van der Waals surface area contributed by atoms with E-state index in [0.717, 1.165) is 4.47 Å². The van der Waals surface area contributed by atoms with Crippen LogP contribution in [0.15, 0.2) is 79.7 Å². The number of hydrogen-bond donors (Lipinski definition) is 0. The maximum absolute atomic E-state index is 12.7. The van der Waals surface area contributed by atoms with Gasteiger partial charge in [-0.05, 0) is 35.7 Å². The molecule has 5 nitrogen and oxygen atoms in total. The summed E-state index contributed by atoms with van der Waals surface area (Å²) in [5, 5.41) is 2.47. The number of carbonyl (C=O) groups excluding carboxylic acids is 2. The number of hydrogen-bond acceptors (Lipinski definition) is 6. The van der Waals surface area contributed by atoms with Gasteiger partial charge in [0.1, 0.15) is 12.2 Å². The SMILES string of the molecule is O=C(OCc1cc(=O)oc2cc(Br)ccc12)c1ccccc1C(=O)c1cccs1. The van der Waals surface area contributed by atoms with Crippen LogP contribution in [0.1, 0.15) is 31.2 Å². The fraction of sp³-hybridized carbons (Fsp3) is 0.0455. The molecule has 0 radical (unpaired) electrons. The summed E-state index contributed by atoms with van der Waals surface area (Å²) in [4.78, 5) is 37.8. The smallest absolute Gasteiger partial charge is 0.339 e. The molecule has 0 aliphatic rings. The maximum Gasteiger partial charge on any atom is 0.339 e. The Morgan fingerprint density at radius 1 is 1.00 bits per heavy atom. The highest BCUT2D eigenvalue weighted by Crippen LogP contribution is 2.23. The highest BCUT2D eigenvalue weighted by molar-refractivity contribution is 9.10. The summed E-state index contributed by atoms with van der Waals surface area (Å²) in [6.07, 6.45) is 0. The molecule has 7 heteroatoms. The van der Waals surface area contributed by atoms with Gasteiger partial charge in [-0.15, -0.1) is 11.3 Å². The Morgan fingerprint density at radius 2 is 1.79 bits per heavy atom. The van der Waals surface area contributed by atoms with Crippen molar-refractivity contribution in [2.45, 2.75) is 6.61 Å². The van der Waals surface area contributed by atoms with Crippen LogP contribution in [0.2, 0.25) is 0 Å². The third kappa shape index (κ3) is 4.06. The van der Waals surface area contributed by atoms with E-state index in [0.29, 0.717) is 21.4 Å². The van der Waals surface area contributed by atoms with E-state index in [2.05, 4.69) is 15.9 Å². The summed E-state index contributed by atoms with van der Waals surface area (Å²) < 4.78 is 11.4. The minimum absolute atomic E-state index is 0.121. The molecule has 0 saturated carbocycles. The number of carbonyl (C=O) groups is 2. The molecule has 0 atom stereocenters. The molecular formula is C22H13BrO5S. The minimum Gasteiger partial charge on any atom is -0.457 e. The van der Waals surface area contributed by atoms with Crippen LogP contribution in [0.5, 0.6) is 0 Å². The third-order valence-corrected chi connectivity index (χ3v) is 5.65. The lowest BCUT2D eigenvalue weighted by Gasteiger charge is -2.10. The molecule has 0 spiro atoms. The molecule has 2 aromatic heterocycles. The van der Waals surface area contributed by atoms with E-state index < -0.39 is 11.6 Å². The number of esters is 1. The normalized spacial score (nSPS) is 10.8. The van der Waals surface area contributed by atoms with E-state index in [-0.39, 0.29) is 23.5 Å². The highest BCUT2D eigenvalue weighted by Gasteiger charge is 2.20. The zero-order chi connectivity index (χ0) is 20.4. The lowest BCUT2D eigenvalue weighted by molar-refractivity contribution is 0.0471. The lowest BCUT2D eigenvalue weighted by Crippen LogP contribution is -2.13. The number of halogens is 1. The Kier molecular flexibility index (Phi) is 5.42. The van der Waals surface area contributed by atoms with Crippen LogP contribution in [-0.4, -0.2) is 11.8 Å². The fourth-order valence-corrected chi connectivity index (χ4v) is 3.96. The topological polar surface area (TPSA) is 73.6 Å². The number of fused-ring (bicyclic) bond motifs is 1. The summed E-state index contributed by atoms with van der Waals surface area (Å²) in [6.45, 7) is -0.121. The van der Waals surface area contributed by atoms with Crippen molar-refractivity contribution in [3.63, 3.8) is 0 Å². The Hall–Kier alpha value is -3.03. The first-order chi connectivity index (χ1) is 14.0. The van der Waals surface area contributed by atoms with Gasteiger partial charge in [0, 0.05) is 27.1 Å². The Balaban J connectivity index is 1.61. The van der Waals surface area contributed by atoms with Crippen molar-refractivity contribution >= 4 is 50.0 Å². The quantitative estimate of drug-likeness (QED) is 0.228. The van der Waals surface area contributed by atoms with Crippen LogP contribution in [0, 0.1) is 0 Å². The number of thiophene rings is 1. The van der Waals surface area contributed by atoms with Crippen LogP contribution < -0.4 is 5.63 Å². The highest BCUT2D eigenvalue weighted by atomic mass is 79.9. The average molecular weight is 469 g/mol. The van der Waals surface area contributed by atoms with Gasteiger partial charge in [0.15, 0.2) is 0 Å². The van der Waals surface area contributed by atoms with Crippen molar-refractivity contribution in [1.29, 1.82) is 0 Å². The average Bonchev–Trinajstić information content (AvgIpc) is 3.25. The molecule has 0 saturated heterocycles. The first kappa shape index (κ1) is 19.3. The molecule has 29 heavy (non-hydrogen) atoms. The summed E-state index contributed by atoms with van der Waals surface area (Å²) in [5.41, 5.74) is 0.850. The molecule has 0 unspecified atom stereocenters. The second kappa shape index (κ2) is 8.14. The summed E-state index contributed by atoms with van der Waals surface area (Å²) in [5.74, 6) is -0.868. The number of ketones is 1. The van der Waals surface area contributed by atoms with E-state index in [9.17, 15) is 14.4 Å². The summed E-state index contributed by atoms with van der Waals surface area (Å²) in [7, 11) is 0. The maximum atomic E-state index is 12.7. The van der Waals surface area contributed by atoms with Crippen LogP contribution in [0.25, 0.3) is 11.0 Å². The molecular weight excluding hydrogens is 456 g/mol. The fourth-order valence-electron chi connectivity index (χ4n) is 2.94. The van der Waals surface area contributed by atoms with E-state index in [1.807, 2.05) is 6.07 Å². The van der Waals surface area contributed by atoms with Gasteiger partial charge in [-0.2, -0.15) is 0 Å². The van der Waals surface area contributed by atoms with E-state index >= 15 is 0 Å². The second-order valence-corrected chi connectivity index (χ2v) is 8.02. The predicted molar refractivity (Wildman–Crippen MR) is 113 cm³/mol. The Labute approximate surface area is 177 Å². The molecule has 2 aromatic carbocycles. The first-order valence-corrected chi connectivity index (χ1v) is 10.3. The monoisotopic (exact) mass is 468 g/mol. The standard InChI is InChI=1S/C22H13BrO5S/c23-14-7-8-15-13(10-20(24)28-18(15)11-14)12-27-22(26)17-5-2-1-4-16(17)21(25)19-6-3-9-29-19/h1-11H,12H2. The lowest BCUT2D eigenvalue weighted by atomic mass is 10.0. The number of rotatable bonds is 5. The molecule has 0 aliphatic carbocycles. The van der Waals surface area contributed by atoms with Crippen molar-refractivity contribution in [1.82, 2.24) is 0 Å². The molecule has 144 valence electrons. The van der Waals surface area contributed by atoms with E-state index in [1.165, 1.54) is 17.4 Å². The molecule has 0 aliphatic heterocycles. The zero-order valence-electron chi connectivity index (χ0n) is 14.9. The molecule has 0 amide bonds. The van der Waals surface area contributed by atoms with Crippen molar-refractivity contribution in [3.05, 3.63) is 103 Å². The molecule has 0 fully saturated rings. The van der Waals surface area contributed by atoms with Crippen molar-refractivity contribution in [2.24, 2.45) is 0 Å². The third-order valence-electron chi connectivity index (χ3n) is 4.29. The van der Waals surface area contributed by atoms with Crippen LogP contribution in [-0.2, 0) is 11.3 Å². The molecule has 0 bridgehead atoms. The molecule has 4 rings (SSSR count). The Morgan fingerprint density at radius 3 is 2.55 bits per heavy atom. The van der Waals surface area contributed by atoms with Crippen LogP contribution in [0.4, 0.5) is 0 Å². The summed E-state index contributed by atoms with van der Waals surface area (Å²) >= 11 is 4.64. The Bertz CT molecular complexity index is 1270. The van der Waals surface area contributed by atoms with Gasteiger partial charge in [0.05, 0.1) is 10.4 Å². The number of ether oxygens (including phenoxy) is 1. The van der Waals surface area contributed by atoms with Gasteiger partial charge in [0.2, 0.25) is 5.78 Å². The van der Waals surface area contributed by atoms with Crippen LogP contribution in [0.3, 0.4) is 0 Å². The summed E-state index contributed by atoms with van der Waals surface area (Å²) in [6, 6.07) is 16.6. The predicted octanol–water partition coefficient (Wildman–Crippen LogP) is 5.21. The van der Waals surface area contributed by atoms with Crippen molar-refractivity contribution < 1.29 is 18.7 Å². The van der Waals surface area contributed by atoms with Gasteiger partial charge in [-0.25, -0.2) is 9.59 Å². The first-order valence-electron chi connectivity index (χ1n) is 8.59. The zero-order valence-corrected chi connectivity index (χ0v) is 17.3. The molecule has 2 heterocycles. The van der Waals surface area contributed by atoms with Gasteiger partial charge < -0.3 is 9.15 Å². The largest absolute Gasteiger partial charge is 0.457 e. The minimum atomic E-state index is -0.635.